The summed E-state index contributed by atoms with van der Waals surface area (Å²) in [5.74, 6) is 1.30. The Morgan fingerprint density at radius 1 is 1.30 bits per heavy atom. The number of aryl methyl sites for hydroxylation is 1. The first kappa shape index (κ1) is 14.3. The molecule has 0 bridgehead atoms. The fourth-order valence-corrected chi connectivity index (χ4v) is 2.17. The predicted molar refractivity (Wildman–Crippen MR) is 83.1 cm³/mol. The molecule has 0 saturated heterocycles. The minimum Gasteiger partial charge on any atom is -0.354 e. The number of nitrogens with zero attached hydrogens (tertiary/aromatic N) is 3. The molecule has 0 saturated carbocycles. The van der Waals surface area contributed by atoms with E-state index in [1.807, 2.05) is 26.0 Å². The Hall–Kier alpha value is -2.13. The summed E-state index contributed by atoms with van der Waals surface area (Å²) in [5.41, 5.74) is 2.34. The average molecular weight is 332 g/mol. The van der Waals surface area contributed by atoms with Crippen molar-refractivity contribution in [1.29, 1.82) is 5.26 Å². The third-order valence-electron chi connectivity index (χ3n) is 2.55. The minimum atomic E-state index is 0.597. The molecule has 0 radical (unpaired) electrons. The lowest BCUT2D eigenvalue weighted by molar-refractivity contribution is 1.05. The van der Waals surface area contributed by atoms with Gasteiger partial charge in [-0.3, -0.25) is 0 Å². The molecule has 0 fully saturated rings. The first-order valence-electron chi connectivity index (χ1n) is 6.18. The number of nitrogens with one attached hydrogen (secondary N) is 2. The number of anilines is 3. The van der Waals surface area contributed by atoms with Crippen molar-refractivity contribution in [3.8, 4) is 6.07 Å². The molecule has 1 aromatic carbocycles. The molecular formula is C14H14BrN5. The number of rotatable bonds is 4. The second-order valence-corrected chi connectivity index (χ2v) is 5.03. The average Bonchev–Trinajstić information content (AvgIpc) is 2.41. The van der Waals surface area contributed by atoms with Gasteiger partial charge in [0.2, 0.25) is 5.95 Å². The van der Waals surface area contributed by atoms with E-state index in [4.69, 9.17) is 5.26 Å². The number of benzene rings is 1. The summed E-state index contributed by atoms with van der Waals surface area (Å²) in [6.45, 7) is 4.68. The summed E-state index contributed by atoms with van der Waals surface area (Å²) in [6.07, 6.45) is 0. The van der Waals surface area contributed by atoms with E-state index < -0.39 is 0 Å². The number of hydrogen-bond donors (Lipinski definition) is 2. The standard InChI is InChI=1S/C14H14BrN5/c1-3-17-14-18-9(2)6-13(20-14)19-12-5-4-10(8-16)7-11(12)15/h4-7H,3H2,1-2H3,(H2,17,18,19,20). The summed E-state index contributed by atoms with van der Waals surface area (Å²) >= 11 is 3.44. The molecule has 0 aliphatic rings. The van der Waals surface area contributed by atoms with E-state index in [2.05, 4.69) is 42.6 Å². The van der Waals surface area contributed by atoms with Crippen LogP contribution in [-0.4, -0.2) is 16.5 Å². The quantitative estimate of drug-likeness (QED) is 0.895. The normalized spacial score (nSPS) is 9.90. The van der Waals surface area contributed by atoms with Crippen LogP contribution in [0.15, 0.2) is 28.7 Å². The highest BCUT2D eigenvalue weighted by Crippen LogP contribution is 2.26. The summed E-state index contributed by atoms with van der Waals surface area (Å²) in [5, 5.41) is 15.2. The molecular weight excluding hydrogens is 318 g/mol. The van der Waals surface area contributed by atoms with Gasteiger partial charge in [0.05, 0.1) is 17.3 Å². The molecule has 20 heavy (non-hydrogen) atoms. The van der Waals surface area contributed by atoms with Crippen LogP contribution in [0.1, 0.15) is 18.2 Å². The van der Waals surface area contributed by atoms with Gasteiger partial charge in [0.1, 0.15) is 5.82 Å². The van der Waals surface area contributed by atoms with Gasteiger partial charge in [-0.25, -0.2) is 4.98 Å². The molecule has 5 nitrogen and oxygen atoms in total. The third-order valence-corrected chi connectivity index (χ3v) is 3.21. The first-order chi connectivity index (χ1) is 9.62. The van der Waals surface area contributed by atoms with Gasteiger partial charge in [-0.05, 0) is 48.0 Å². The van der Waals surface area contributed by atoms with Crippen LogP contribution in [0.5, 0.6) is 0 Å². The van der Waals surface area contributed by atoms with Crippen LogP contribution >= 0.6 is 15.9 Å². The zero-order valence-electron chi connectivity index (χ0n) is 11.2. The van der Waals surface area contributed by atoms with Gasteiger partial charge >= 0.3 is 0 Å². The highest BCUT2D eigenvalue weighted by Gasteiger charge is 2.05. The maximum absolute atomic E-state index is 8.85. The monoisotopic (exact) mass is 331 g/mol. The van der Waals surface area contributed by atoms with E-state index in [9.17, 15) is 0 Å². The number of halogens is 1. The second kappa shape index (κ2) is 6.35. The molecule has 1 heterocycles. The minimum absolute atomic E-state index is 0.597. The maximum Gasteiger partial charge on any atom is 0.224 e. The lowest BCUT2D eigenvalue weighted by atomic mass is 10.2. The van der Waals surface area contributed by atoms with E-state index in [0.717, 1.165) is 22.4 Å². The van der Waals surface area contributed by atoms with Crippen molar-refractivity contribution in [2.75, 3.05) is 17.2 Å². The molecule has 0 amide bonds. The fraction of sp³-hybridized carbons (Fsp3) is 0.214. The van der Waals surface area contributed by atoms with E-state index >= 15 is 0 Å². The topological polar surface area (TPSA) is 73.6 Å². The Balaban J connectivity index is 2.28. The summed E-state index contributed by atoms with van der Waals surface area (Å²) in [7, 11) is 0. The van der Waals surface area contributed by atoms with E-state index in [1.165, 1.54) is 0 Å². The Bertz CT molecular complexity index is 663. The Morgan fingerprint density at radius 2 is 2.10 bits per heavy atom. The molecule has 1 aromatic heterocycles. The van der Waals surface area contributed by atoms with Crippen molar-refractivity contribution < 1.29 is 0 Å². The predicted octanol–water partition coefficient (Wildman–Crippen LogP) is 3.59. The molecule has 102 valence electrons. The van der Waals surface area contributed by atoms with Crippen molar-refractivity contribution in [2.24, 2.45) is 0 Å². The smallest absolute Gasteiger partial charge is 0.224 e. The summed E-state index contributed by atoms with van der Waals surface area (Å²) in [4.78, 5) is 8.68. The highest BCUT2D eigenvalue weighted by molar-refractivity contribution is 9.10. The molecule has 2 rings (SSSR count). The maximum atomic E-state index is 8.85. The van der Waals surface area contributed by atoms with Crippen molar-refractivity contribution in [3.05, 3.63) is 40.0 Å². The Kier molecular flexibility index (Phi) is 4.53. The Labute approximate surface area is 126 Å². The molecule has 2 N–H and O–H groups in total. The number of nitriles is 1. The van der Waals surface area contributed by atoms with Gasteiger partial charge in [0.15, 0.2) is 0 Å². The number of aromatic nitrogens is 2. The lowest BCUT2D eigenvalue weighted by Gasteiger charge is -2.10. The zero-order chi connectivity index (χ0) is 14.5. The van der Waals surface area contributed by atoms with E-state index in [-0.39, 0.29) is 0 Å². The van der Waals surface area contributed by atoms with Gasteiger partial charge < -0.3 is 10.6 Å². The van der Waals surface area contributed by atoms with Crippen LogP contribution in [0, 0.1) is 18.3 Å². The third kappa shape index (κ3) is 3.45. The molecule has 0 aliphatic heterocycles. The van der Waals surface area contributed by atoms with Crippen LogP contribution in [0.2, 0.25) is 0 Å². The second-order valence-electron chi connectivity index (χ2n) is 4.18. The summed E-state index contributed by atoms with van der Waals surface area (Å²) in [6, 6.07) is 9.33. The van der Waals surface area contributed by atoms with Gasteiger partial charge in [-0.1, -0.05) is 0 Å². The van der Waals surface area contributed by atoms with Gasteiger partial charge in [-0.2, -0.15) is 10.2 Å². The first-order valence-corrected chi connectivity index (χ1v) is 6.98. The van der Waals surface area contributed by atoms with Crippen molar-refractivity contribution in [1.82, 2.24) is 9.97 Å². The Morgan fingerprint density at radius 3 is 2.75 bits per heavy atom. The van der Waals surface area contributed by atoms with Gasteiger partial charge in [0.25, 0.3) is 0 Å². The summed E-state index contributed by atoms with van der Waals surface area (Å²) < 4.78 is 0.817. The van der Waals surface area contributed by atoms with Gasteiger partial charge in [-0.15, -0.1) is 0 Å². The van der Waals surface area contributed by atoms with Crippen molar-refractivity contribution in [2.45, 2.75) is 13.8 Å². The van der Waals surface area contributed by atoms with Gasteiger partial charge in [0, 0.05) is 22.8 Å². The zero-order valence-corrected chi connectivity index (χ0v) is 12.8. The van der Waals surface area contributed by atoms with Crippen molar-refractivity contribution >= 4 is 33.4 Å². The van der Waals surface area contributed by atoms with Crippen LogP contribution in [0.25, 0.3) is 0 Å². The SMILES string of the molecule is CCNc1nc(C)cc(Nc2ccc(C#N)cc2Br)n1. The van der Waals surface area contributed by atoms with Crippen LogP contribution < -0.4 is 10.6 Å². The van der Waals surface area contributed by atoms with Crippen LogP contribution in [-0.2, 0) is 0 Å². The molecule has 0 atom stereocenters. The molecule has 6 heteroatoms. The van der Waals surface area contributed by atoms with Crippen LogP contribution in [0.3, 0.4) is 0 Å². The van der Waals surface area contributed by atoms with Crippen molar-refractivity contribution in [3.63, 3.8) is 0 Å². The molecule has 0 aliphatic carbocycles. The molecule has 2 aromatic rings. The molecule has 0 spiro atoms. The van der Waals surface area contributed by atoms with Crippen LogP contribution in [0.4, 0.5) is 17.5 Å². The van der Waals surface area contributed by atoms with E-state index in [1.54, 1.807) is 12.1 Å². The fourth-order valence-electron chi connectivity index (χ4n) is 1.69. The number of hydrogen-bond acceptors (Lipinski definition) is 5. The van der Waals surface area contributed by atoms with E-state index in [0.29, 0.717) is 17.3 Å². The highest BCUT2D eigenvalue weighted by atomic mass is 79.9. The molecule has 0 unspecified atom stereocenters. The largest absolute Gasteiger partial charge is 0.354 e. The lowest BCUT2D eigenvalue weighted by Crippen LogP contribution is -2.05.